The van der Waals surface area contributed by atoms with Crippen molar-refractivity contribution < 1.29 is 0 Å². The van der Waals surface area contributed by atoms with Crippen LogP contribution in [0.2, 0.25) is 5.02 Å². The summed E-state index contributed by atoms with van der Waals surface area (Å²) in [5.74, 6) is 0.933. The Morgan fingerprint density at radius 1 is 0.963 bits per heavy atom. The third kappa shape index (κ3) is 3.36. The molecule has 5 heteroatoms. The first-order valence-electron chi connectivity index (χ1n) is 8.81. The number of fused-ring (bicyclic) bond motifs is 1. The lowest BCUT2D eigenvalue weighted by molar-refractivity contribution is 1.10. The number of nitrogens with one attached hydrogen (secondary N) is 1. The summed E-state index contributed by atoms with van der Waals surface area (Å²) in [5.41, 5.74) is 6.08. The van der Waals surface area contributed by atoms with Gasteiger partial charge in [-0.3, -0.25) is 4.40 Å². The average molecular weight is 377 g/mol. The molecule has 1 N–H and O–H groups in total. The van der Waals surface area contributed by atoms with E-state index in [1.165, 1.54) is 0 Å². The van der Waals surface area contributed by atoms with Crippen LogP contribution in [0.3, 0.4) is 0 Å². The summed E-state index contributed by atoms with van der Waals surface area (Å²) in [6.45, 7) is 2.08. The number of aromatic nitrogens is 2. The number of hydrogen-bond acceptors (Lipinski definition) is 3. The first-order valence-corrected chi connectivity index (χ1v) is 9.19. The zero-order valence-corrected chi connectivity index (χ0v) is 16.3. The van der Waals surface area contributed by atoms with Crippen molar-refractivity contribution in [2.24, 2.45) is 0 Å². The fourth-order valence-electron chi connectivity index (χ4n) is 3.19. The number of rotatable bonds is 4. The number of halogens is 1. The standard InChI is InChI=1S/C22H21ClN4/c1-15-6-4-9-20-25-21(16-10-12-19(13-11-16)26(2)3)22(27(15)20)24-18-8-5-7-17(23)14-18/h4-14,24H,1-3H3. The van der Waals surface area contributed by atoms with Crippen molar-refractivity contribution in [1.29, 1.82) is 0 Å². The van der Waals surface area contributed by atoms with Crippen LogP contribution in [0, 0.1) is 6.92 Å². The molecule has 0 unspecified atom stereocenters. The second kappa shape index (κ2) is 6.97. The van der Waals surface area contributed by atoms with Gasteiger partial charge in [0.2, 0.25) is 0 Å². The molecule has 2 heterocycles. The first-order chi connectivity index (χ1) is 13.0. The number of aryl methyl sites for hydroxylation is 1. The molecular weight excluding hydrogens is 356 g/mol. The lowest BCUT2D eigenvalue weighted by Crippen LogP contribution is -2.08. The van der Waals surface area contributed by atoms with Gasteiger partial charge >= 0.3 is 0 Å². The highest BCUT2D eigenvalue weighted by Gasteiger charge is 2.16. The molecule has 2 aromatic heterocycles. The molecule has 0 amide bonds. The molecule has 2 aromatic carbocycles. The molecule has 0 aliphatic rings. The normalized spacial score (nSPS) is 11.0. The Balaban J connectivity index is 1.88. The number of benzene rings is 2. The highest BCUT2D eigenvalue weighted by atomic mass is 35.5. The van der Waals surface area contributed by atoms with Crippen LogP contribution < -0.4 is 10.2 Å². The monoisotopic (exact) mass is 376 g/mol. The van der Waals surface area contributed by atoms with E-state index in [1.807, 2.05) is 50.5 Å². The van der Waals surface area contributed by atoms with Crippen molar-refractivity contribution in [2.45, 2.75) is 6.92 Å². The molecule has 4 aromatic rings. The minimum Gasteiger partial charge on any atom is -0.378 e. The Labute approximate surface area is 164 Å². The summed E-state index contributed by atoms with van der Waals surface area (Å²) in [7, 11) is 4.07. The van der Waals surface area contributed by atoms with Gasteiger partial charge in [-0.15, -0.1) is 0 Å². The van der Waals surface area contributed by atoms with Gasteiger partial charge in [-0.1, -0.05) is 35.9 Å². The maximum Gasteiger partial charge on any atom is 0.143 e. The van der Waals surface area contributed by atoms with E-state index in [9.17, 15) is 0 Å². The van der Waals surface area contributed by atoms with Gasteiger partial charge in [0, 0.05) is 41.8 Å². The SMILES string of the molecule is Cc1cccc2nc(-c3ccc(N(C)C)cc3)c(Nc3cccc(Cl)c3)n12. The van der Waals surface area contributed by atoms with Gasteiger partial charge in [-0.05, 0) is 49.4 Å². The fraction of sp³-hybridized carbons (Fsp3) is 0.136. The first kappa shape index (κ1) is 17.4. The number of hydrogen-bond donors (Lipinski definition) is 1. The van der Waals surface area contributed by atoms with E-state index in [2.05, 4.69) is 51.9 Å². The molecule has 0 bridgehead atoms. The van der Waals surface area contributed by atoms with Crippen LogP contribution in [0.1, 0.15) is 5.69 Å². The molecule has 0 saturated carbocycles. The molecule has 4 rings (SSSR count). The van der Waals surface area contributed by atoms with E-state index in [1.54, 1.807) is 0 Å². The Hall–Kier alpha value is -2.98. The molecule has 136 valence electrons. The van der Waals surface area contributed by atoms with Gasteiger partial charge in [0.25, 0.3) is 0 Å². The average Bonchev–Trinajstić information content (AvgIpc) is 3.01. The number of imidazole rings is 1. The molecule has 0 radical (unpaired) electrons. The van der Waals surface area contributed by atoms with E-state index in [-0.39, 0.29) is 0 Å². The summed E-state index contributed by atoms with van der Waals surface area (Å²) in [6.07, 6.45) is 0. The van der Waals surface area contributed by atoms with E-state index >= 15 is 0 Å². The molecule has 0 spiro atoms. The van der Waals surface area contributed by atoms with Crippen molar-refractivity contribution in [1.82, 2.24) is 9.38 Å². The predicted molar refractivity (Wildman–Crippen MR) is 114 cm³/mol. The number of pyridine rings is 1. The number of anilines is 3. The Morgan fingerprint density at radius 2 is 1.70 bits per heavy atom. The van der Waals surface area contributed by atoms with Gasteiger partial charge < -0.3 is 10.2 Å². The van der Waals surface area contributed by atoms with Crippen LogP contribution in [0.4, 0.5) is 17.2 Å². The highest BCUT2D eigenvalue weighted by molar-refractivity contribution is 6.30. The Bertz CT molecular complexity index is 1100. The van der Waals surface area contributed by atoms with Crippen LogP contribution >= 0.6 is 11.6 Å². The van der Waals surface area contributed by atoms with Gasteiger partial charge in [0.1, 0.15) is 17.2 Å². The molecule has 0 saturated heterocycles. The topological polar surface area (TPSA) is 32.6 Å². The maximum absolute atomic E-state index is 6.17. The van der Waals surface area contributed by atoms with Crippen molar-refractivity contribution in [2.75, 3.05) is 24.3 Å². The molecule has 0 fully saturated rings. The molecule has 0 aliphatic heterocycles. The van der Waals surface area contributed by atoms with Crippen LogP contribution in [-0.2, 0) is 0 Å². The van der Waals surface area contributed by atoms with Crippen molar-refractivity contribution in [3.8, 4) is 11.3 Å². The van der Waals surface area contributed by atoms with Gasteiger partial charge in [-0.2, -0.15) is 0 Å². The highest BCUT2D eigenvalue weighted by Crippen LogP contribution is 2.33. The molecule has 4 nitrogen and oxygen atoms in total. The van der Waals surface area contributed by atoms with E-state index in [0.29, 0.717) is 5.02 Å². The smallest absolute Gasteiger partial charge is 0.143 e. The third-order valence-corrected chi connectivity index (χ3v) is 4.82. The van der Waals surface area contributed by atoms with Crippen LogP contribution in [-0.4, -0.2) is 23.5 Å². The third-order valence-electron chi connectivity index (χ3n) is 4.58. The zero-order valence-electron chi connectivity index (χ0n) is 15.6. The molecule has 27 heavy (non-hydrogen) atoms. The van der Waals surface area contributed by atoms with E-state index in [0.717, 1.165) is 39.8 Å². The summed E-state index contributed by atoms with van der Waals surface area (Å²) in [5, 5.41) is 4.22. The minimum absolute atomic E-state index is 0.697. The largest absolute Gasteiger partial charge is 0.378 e. The zero-order chi connectivity index (χ0) is 19.0. The summed E-state index contributed by atoms with van der Waals surface area (Å²) < 4.78 is 2.14. The summed E-state index contributed by atoms with van der Waals surface area (Å²) in [6, 6.07) is 22.3. The van der Waals surface area contributed by atoms with Crippen LogP contribution in [0.15, 0.2) is 66.7 Å². The predicted octanol–water partition coefficient (Wildman–Crippen LogP) is 5.77. The molecular formula is C22H21ClN4. The van der Waals surface area contributed by atoms with Crippen LogP contribution in [0.5, 0.6) is 0 Å². The molecule has 0 atom stereocenters. The maximum atomic E-state index is 6.17. The van der Waals surface area contributed by atoms with Gasteiger partial charge in [0.15, 0.2) is 0 Å². The Morgan fingerprint density at radius 3 is 2.41 bits per heavy atom. The quantitative estimate of drug-likeness (QED) is 0.490. The lowest BCUT2D eigenvalue weighted by Gasteiger charge is -2.13. The van der Waals surface area contributed by atoms with Crippen molar-refractivity contribution in [3.05, 3.63) is 77.4 Å². The Kier molecular flexibility index (Phi) is 4.50. The van der Waals surface area contributed by atoms with Crippen LogP contribution in [0.25, 0.3) is 16.9 Å². The molecule has 0 aliphatic carbocycles. The lowest BCUT2D eigenvalue weighted by atomic mass is 10.1. The second-order valence-corrected chi connectivity index (χ2v) is 7.18. The van der Waals surface area contributed by atoms with Crippen molar-refractivity contribution in [3.63, 3.8) is 0 Å². The minimum atomic E-state index is 0.697. The van der Waals surface area contributed by atoms with Gasteiger partial charge in [0.05, 0.1) is 0 Å². The van der Waals surface area contributed by atoms with Gasteiger partial charge in [-0.25, -0.2) is 4.98 Å². The van der Waals surface area contributed by atoms with Crippen molar-refractivity contribution >= 4 is 34.4 Å². The fourth-order valence-corrected chi connectivity index (χ4v) is 3.38. The summed E-state index contributed by atoms with van der Waals surface area (Å²) >= 11 is 6.17. The van der Waals surface area contributed by atoms with E-state index < -0.39 is 0 Å². The van der Waals surface area contributed by atoms with E-state index in [4.69, 9.17) is 16.6 Å². The second-order valence-electron chi connectivity index (χ2n) is 6.75. The number of nitrogens with zero attached hydrogens (tertiary/aromatic N) is 3. The summed E-state index contributed by atoms with van der Waals surface area (Å²) in [4.78, 5) is 6.98.